The van der Waals surface area contributed by atoms with Crippen molar-refractivity contribution in [3.05, 3.63) is 121 Å². The van der Waals surface area contributed by atoms with Crippen molar-refractivity contribution in [3.8, 4) is 0 Å². The minimum atomic E-state index is -4.09. The first-order valence-electron chi connectivity index (χ1n) is 21.4. The number of carbonyl (C=O) groups is 4. The van der Waals surface area contributed by atoms with Gasteiger partial charge in [-0.15, -0.1) is 11.3 Å². The Morgan fingerprint density at radius 2 is 1.49 bits per heavy atom. The summed E-state index contributed by atoms with van der Waals surface area (Å²) in [7, 11) is -4.09. The van der Waals surface area contributed by atoms with Gasteiger partial charge in [0, 0.05) is 59.2 Å². The fourth-order valence-electron chi connectivity index (χ4n) is 7.58. The number of thiophene rings is 1. The molecule has 0 bridgehead atoms. The zero-order chi connectivity index (χ0) is 45.5. The highest BCUT2D eigenvalue weighted by Gasteiger charge is 2.29. The Morgan fingerprint density at radius 1 is 0.825 bits per heavy atom. The molecule has 0 fully saturated rings. The number of rotatable bonds is 22. The van der Waals surface area contributed by atoms with Gasteiger partial charge in [-0.25, -0.2) is 13.2 Å². The number of hydrogen-bond donors (Lipinski definition) is 2. The summed E-state index contributed by atoms with van der Waals surface area (Å²) in [5.41, 5.74) is 12.8. The summed E-state index contributed by atoms with van der Waals surface area (Å²) in [4.78, 5) is 57.9. The second kappa shape index (κ2) is 23.2. The second-order valence-electron chi connectivity index (χ2n) is 15.8. The van der Waals surface area contributed by atoms with Crippen molar-refractivity contribution in [3.63, 3.8) is 0 Å². The molecule has 3 aromatic carbocycles. The molecule has 2 N–H and O–H groups in total. The lowest BCUT2D eigenvalue weighted by Gasteiger charge is -2.33. The smallest absolute Gasteiger partial charge is 0.338 e. The summed E-state index contributed by atoms with van der Waals surface area (Å²) in [5, 5.41) is 9.59. The Morgan fingerprint density at radius 3 is 2.14 bits per heavy atom. The van der Waals surface area contributed by atoms with Crippen molar-refractivity contribution in [1.82, 2.24) is 9.21 Å². The molecular formula is C46H57N7O8S2. The number of ether oxygens (including phenoxy) is 2. The molecular weight excluding hydrogens is 843 g/mol. The van der Waals surface area contributed by atoms with Crippen LogP contribution in [0.4, 0.5) is 10.7 Å². The van der Waals surface area contributed by atoms with Crippen LogP contribution in [0, 0.1) is 0 Å². The van der Waals surface area contributed by atoms with Crippen molar-refractivity contribution in [2.75, 3.05) is 43.6 Å². The molecule has 63 heavy (non-hydrogen) atoms. The lowest BCUT2D eigenvalue weighted by Crippen LogP contribution is -2.44. The summed E-state index contributed by atoms with van der Waals surface area (Å²) < 4.78 is 39.8. The van der Waals surface area contributed by atoms with Gasteiger partial charge < -0.3 is 20.1 Å². The van der Waals surface area contributed by atoms with Crippen molar-refractivity contribution in [2.45, 2.75) is 103 Å². The van der Waals surface area contributed by atoms with E-state index in [2.05, 4.69) is 53.3 Å². The fraction of sp³-hybridized carbons (Fsp3) is 0.435. The number of azide groups is 1. The van der Waals surface area contributed by atoms with Gasteiger partial charge in [0.1, 0.15) is 5.00 Å². The number of esters is 2. The molecule has 0 atom stereocenters. The molecule has 0 aliphatic heterocycles. The zero-order valence-electron chi connectivity index (χ0n) is 36.6. The van der Waals surface area contributed by atoms with Crippen LogP contribution < -0.4 is 10.6 Å². The van der Waals surface area contributed by atoms with Crippen LogP contribution in [0.2, 0.25) is 0 Å². The zero-order valence-corrected chi connectivity index (χ0v) is 38.2. The number of amides is 2. The van der Waals surface area contributed by atoms with Crippen LogP contribution >= 0.6 is 11.3 Å². The average Bonchev–Trinajstić information content (AvgIpc) is 3.63. The molecule has 0 saturated carbocycles. The molecule has 15 nitrogen and oxygen atoms in total. The van der Waals surface area contributed by atoms with Crippen molar-refractivity contribution < 1.29 is 37.1 Å². The van der Waals surface area contributed by atoms with Gasteiger partial charge in [-0.1, -0.05) is 35.4 Å². The molecule has 1 aliphatic rings. The first-order valence-corrected chi connectivity index (χ1v) is 23.6. The molecule has 336 valence electrons. The SMILES string of the molecule is CCOC(=O)CCCN(CCN(C(C)C)C(C)C)S(=O)(=O)c1cccc(C(=O)Nc2sc3c(c2C(=O)Nc2ccc(CCc4ccc(C(=O)OCN=[N+]=[N-])cc4)cc2)CCCC3)c1. The molecule has 0 saturated heterocycles. The van der Waals surface area contributed by atoms with E-state index >= 15 is 0 Å². The van der Waals surface area contributed by atoms with Crippen LogP contribution in [-0.2, 0) is 50.0 Å². The number of sulfonamides is 1. The van der Waals surface area contributed by atoms with Crippen LogP contribution in [0.5, 0.6) is 0 Å². The number of hydrogen-bond acceptors (Lipinski definition) is 11. The quantitative estimate of drug-likeness (QED) is 0.0335. The van der Waals surface area contributed by atoms with Gasteiger partial charge in [-0.05, 0) is 144 Å². The largest absolute Gasteiger partial charge is 0.466 e. The van der Waals surface area contributed by atoms with E-state index in [1.807, 2.05) is 36.4 Å². The number of anilines is 2. The molecule has 0 unspecified atom stereocenters. The average molecular weight is 900 g/mol. The van der Waals surface area contributed by atoms with E-state index in [0.29, 0.717) is 47.6 Å². The predicted molar refractivity (Wildman–Crippen MR) is 245 cm³/mol. The monoisotopic (exact) mass is 899 g/mol. The third-order valence-corrected chi connectivity index (χ3v) is 13.9. The lowest BCUT2D eigenvalue weighted by molar-refractivity contribution is -0.143. The van der Waals surface area contributed by atoms with E-state index in [0.717, 1.165) is 40.8 Å². The van der Waals surface area contributed by atoms with Crippen molar-refractivity contribution in [2.24, 2.45) is 5.11 Å². The van der Waals surface area contributed by atoms with Crippen LogP contribution in [0.15, 0.2) is 82.8 Å². The summed E-state index contributed by atoms with van der Waals surface area (Å²) in [6.07, 6.45) is 5.17. The Bertz CT molecular complexity index is 2370. The Balaban J connectivity index is 1.28. The summed E-state index contributed by atoms with van der Waals surface area (Å²) in [5.74, 6) is -1.84. The predicted octanol–water partition coefficient (Wildman–Crippen LogP) is 8.79. The van der Waals surface area contributed by atoms with Gasteiger partial charge in [0.25, 0.3) is 11.8 Å². The van der Waals surface area contributed by atoms with Gasteiger partial charge in [0.05, 0.1) is 22.6 Å². The number of aryl methyl sites for hydroxylation is 3. The number of nitrogens with zero attached hydrogens (tertiary/aromatic N) is 5. The van der Waals surface area contributed by atoms with Crippen LogP contribution in [-0.4, -0.2) is 86.4 Å². The molecule has 5 rings (SSSR count). The van der Waals surface area contributed by atoms with E-state index < -0.39 is 21.9 Å². The molecule has 1 heterocycles. The van der Waals surface area contributed by atoms with E-state index in [1.54, 1.807) is 25.1 Å². The maximum Gasteiger partial charge on any atom is 0.338 e. The van der Waals surface area contributed by atoms with E-state index in [9.17, 15) is 27.6 Å². The normalized spacial score (nSPS) is 12.5. The van der Waals surface area contributed by atoms with Crippen LogP contribution in [0.25, 0.3) is 10.4 Å². The highest BCUT2D eigenvalue weighted by atomic mass is 32.2. The summed E-state index contributed by atoms with van der Waals surface area (Å²) in [6.45, 7) is 10.6. The van der Waals surface area contributed by atoms with Crippen LogP contribution in [0.3, 0.4) is 0 Å². The molecule has 4 aromatic rings. The van der Waals surface area contributed by atoms with Gasteiger partial charge in [-0.3, -0.25) is 19.3 Å². The van der Waals surface area contributed by atoms with E-state index in [-0.39, 0.29) is 73.7 Å². The van der Waals surface area contributed by atoms with E-state index in [4.69, 9.17) is 15.0 Å². The third-order valence-electron chi connectivity index (χ3n) is 10.8. The number of benzene rings is 3. The highest BCUT2D eigenvalue weighted by Crippen LogP contribution is 2.39. The summed E-state index contributed by atoms with van der Waals surface area (Å²) in [6, 6.07) is 20.9. The molecule has 17 heteroatoms. The van der Waals surface area contributed by atoms with Gasteiger partial charge in [0.2, 0.25) is 10.0 Å². The van der Waals surface area contributed by atoms with E-state index in [1.165, 1.54) is 33.8 Å². The number of fused-ring (bicyclic) bond motifs is 1. The lowest BCUT2D eigenvalue weighted by atomic mass is 9.95. The van der Waals surface area contributed by atoms with Gasteiger partial charge in [-0.2, -0.15) is 4.31 Å². The second-order valence-corrected chi connectivity index (χ2v) is 18.8. The van der Waals surface area contributed by atoms with Crippen molar-refractivity contribution in [1.29, 1.82) is 0 Å². The molecule has 0 spiro atoms. The van der Waals surface area contributed by atoms with Gasteiger partial charge in [0.15, 0.2) is 6.73 Å². The first-order chi connectivity index (χ1) is 30.2. The van der Waals surface area contributed by atoms with Crippen LogP contribution in [0.1, 0.15) is 113 Å². The molecule has 1 aromatic heterocycles. The minimum absolute atomic E-state index is 0.0429. The standard InChI is InChI=1S/C46H57N7O8S2/c1-6-60-41(54)15-10-26-52(27-28-53(31(2)3)32(4)5)63(58,59)38-12-9-11-36(29-38)43(55)50-45-42(39-13-7-8-14-40(39)62-45)44(56)49-37-24-20-34(21-25-37)17-16-33-18-22-35(23-19-33)46(57)61-30-48-51-47/h9,11-12,18-25,29,31-32H,6-8,10,13-17,26-28,30H2,1-5H3,(H,49,56)(H,50,55). The summed E-state index contributed by atoms with van der Waals surface area (Å²) >= 11 is 1.38. The maximum absolute atomic E-state index is 14.2. The fourth-order valence-corrected chi connectivity index (χ4v) is 10.4. The van der Waals surface area contributed by atoms with Crippen molar-refractivity contribution >= 4 is 55.8 Å². The third kappa shape index (κ3) is 13.5. The topological polar surface area (TPSA) is 200 Å². The number of carbonyl (C=O) groups excluding carboxylic acids is 4. The number of nitrogens with one attached hydrogen (secondary N) is 2. The minimum Gasteiger partial charge on any atom is -0.466 e. The highest BCUT2D eigenvalue weighted by molar-refractivity contribution is 7.89. The Kier molecular flexibility index (Phi) is 17.8. The molecule has 0 radical (unpaired) electrons. The molecule has 2 amide bonds. The Labute approximate surface area is 373 Å². The first kappa shape index (κ1) is 48.5. The molecule has 1 aliphatic carbocycles. The maximum atomic E-state index is 14.2. The Hall–Kier alpha value is -5.58. The van der Waals surface area contributed by atoms with Gasteiger partial charge >= 0.3 is 11.9 Å².